The largest absolute Gasteiger partial charge is 0.444 e. The molecule has 0 radical (unpaired) electrons. The Bertz CT molecular complexity index is 982. The number of fused-ring (bicyclic) bond motifs is 1. The molecule has 0 N–H and O–H groups in total. The topological polar surface area (TPSA) is 66.0 Å². The van der Waals surface area contributed by atoms with Gasteiger partial charge < -0.3 is 19.4 Å². The number of carbonyl (C=O) groups excluding carboxylic acids is 2. The van der Waals surface area contributed by atoms with Crippen LogP contribution in [0, 0.1) is 11.7 Å². The summed E-state index contributed by atoms with van der Waals surface area (Å²) in [6.45, 7) is 9.11. The number of piperazine rings is 1. The summed E-state index contributed by atoms with van der Waals surface area (Å²) in [5.41, 5.74) is 1.09. The van der Waals surface area contributed by atoms with Crippen molar-refractivity contribution in [1.82, 2.24) is 14.8 Å². The van der Waals surface area contributed by atoms with Gasteiger partial charge in [0.05, 0.1) is 11.4 Å². The highest BCUT2D eigenvalue weighted by atomic mass is 19.1. The fraction of sp³-hybridized carbons (Fsp3) is 0.522. The third-order valence-electron chi connectivity index (χ3n) is 5.80. The normalized spacial score (nSPS) is 19.7. The van der Waals surface area contributed by atoms with Crippen molar-refractivity contribution in [2.75, 3.05) is 44.2 Å². The minimum absolute atomic E-state index is 0.104. The van der Waals surface area contributed by atoms with Crippen molar-refractivity contribution in [2.45, 2.75) is 32.8 Å². The Labute approximate surface area is 181 Å². The van der Waals surface area contributed by atoms with Crippen LogP contribution in [0.5, 0.6) is 0 Å². The molecular formula is C23H29FN4O3. The van der Waals surface area contributed by atoms with E-state index in [2.05, 4.69) is 9.88 Å². The van der Waals surface area contributed by atoms with Crippen molar-refractivity contribution >= 4 is 28.6 Å². The van der Waals surface area contributed by atoms with Gasteiger partial charge in [0, 0.05) is 62.6 Å². The number of aromatic nitrogens is 1. The number of halogens is 1. The first kappa shape index (κ1) is 21.3. The number of carbonyl (C=O) groups is 2. The van der Waals surface area contributed by atoms with Gasteiger partial charge in [0.15, 0.2) is 0 Å². The highest BCUT2D eigenvalue weighted by Gasteiger charge is 2.36. The second-order valence-corrected chi connectivity index (χ2v) is 9.22. The van der Waals surface area contributed by atoms with Crippen LogP contribution in [0.25, 0.3) is 10.9 Å². The molecule has 1 aromatic heterocycles. The number of ether oxygens (including phenoxy) is 1. The molecule has 1 atom stereocenters. The molecule has 8 heteroatoms. The van der Waals surface area contributed by atoms with Crippen LogP contribution in [-0.4, -0.2) is 71.7 Å². The van der Waals surface area contributed by atoms with E-state index in [1.807, 2.05) is 31.7 Å². The van der Waals surface area contributed by atoms with E-state index >= 15 is 0 Å². The van der Waals surface area contributed by atoms with E-state index in [4.69, 9.17) is 4.74 Å². The van der Waals surface area contributed by atoms with Crippen molar-refractivity contribution in [3.8, 4) is 0 Å². The lowest BCUT2D eigenvalue weighted by Crippen LogP contribution is -2.51. The first-order valence-electron chi connectivity index (χ1n) is 10.8. The maximum absolute atomic E-state index is 13.5. The highest BCUT2D eigenvalue weighted by molar-refractivity contribution is 5.91. The summed E-state index contributed by atoms with van der Waals surface area (Å²) in [6, 6.07) is 6.58. The highest BCUT2D eigenvalue weighted by Crippen LogP contribution is 2.28. The SMILES string of the molecule is CC(C)(C)OC(=O)N1CCC(C(=O)N2CCN(c3ccnc4cc(F)ccc34)CC2)C1. The molecule has 2 amide bonds. The van der Waals surface area contributed by atoms with Crippen molar-refractivity contribution in [2.24, 2.45) is 5.92 Å². The third kappa shape index (κ3) is 4.73. The van der Waals surface area contributed by atoms with Crippen LogP contribution in [-0.2, 0) is 9.53 Å². The summed E-state index contributed by atoms with van der Waals surface area (Å²) >= 11 is 0. The maximum Gasteiger partial charge on any atom is 0.410 e. The van der Waals surface area contributed by atoms with Crippen LogP contribution in [0.15, 0.2) is 30.5 Å². The second kappa shape index (κ2) is 8.32. The average Bonchev–Trinajstić information content (AvgIpc) is 3.22. The molecule has 7 nitrogen and oxygen atoms in total. The predicted molar refractivity (Wildman–Crippen MR) is 116 cm³/mol. The lowest BCUT2D eigenvalue weighted by molar-refractivity contribution is -0.135. The van der Waals surface area contributed by atoms with Gasteiger partial charge in [-0.05, 0) is 45.4 Å². The van der Waals surface area contributed by atoms with Gasteiger partial charge in [-0.3, -0.25) is 9.78 Å². The fourth-order valence-electron chi connectivity index (χ4n) is 4.26. The van der Waals surface area contributed by atoms with Gasteiger partial charge in [-0.25, -0.2) is 9.18 Å². The van der Waals surface area contributed by atoms with Gasteiger partial charge in [-0.2, -0.15) is 0 Å². The summed E-state index contributed by atoms with van der Waals surface area (Å²) in [7, 11) is 0. The van der Waals surface area contributed by atoms with Crippen molar-refractivity contribution < 1.29 is 18.7 Å². The zero-order valence-electron chi connectivity index (χ0n) is 18.3. The van der Waals surface area contributed by atoms with Crippen LogP contribution in [0.1, 0.15) is 27.2 Å². The number of rotatable bonds is 2. The third-order valence-corrected chi connectivity index (χ3v) is 5.80. The number of likely N-dealkylation sites (tertiary alicyclic amines) is 1. The van der Waals surface area contributed by atoms with Gasteiger partial charge in [-0.1, -0.05) is 0 Å². The standard InChI is InChI=1S/C23H29FN4O3/c1-23(2,3)31-22(30)28-9-7-16(15-28)21(29)27-12-10-26(11-13-27)20-6-8-25-19-14-17(24)4-5-18(19)20/h4-6,8,14,16H,7,9-13,15H2,1-3H3. The number of hydrogen-bond donors (Lipinski definition) is 0. The molecule has 0 aliphatic carbocycles. The van der Waals surface area contributed by atoms with E-state index in [9.17, 15) is 14.0 Å². The minimum atomic E-state index is -0.543. The lowest BCUT2D eigenvalue weighted by atomic mass is 10.1. The number of hydrogen-bond acceptors (Lipinski definition) is 5. The van der Waals surface area contributed by atoms with Crippen LogP contribution < -0.4 is 4.90 Å². The van der Waals surface area contributed by atoms with E-state index in [-0.39, 0.29) is 23.7 Å². The van der Waals surface area contributed by atoms with Crippen LogP contribution >= 0.6 is 0 Å². The van der Waals surface area contributed by atoms with Crippen LogP contribution in [0.4, 0.5) is 14.9 Å². The molecule has 0 saturated carbocycles. The molecule has 2 aliphatic heterocycles. The molecule has 0 bridgehead atoms. The number of amides is 2. The van der Waals surface area contributed by atoms with E-state index in [0.717, 1.165) is 11.1 Å². The molecule has 4 rings (SSSR count). The Kier molecular flexibility index (Phi) is 5.73. The maximum atomic E-state index is 13.5. The second-order valence-electron chi connectivity index (χ2n) is 9.22. The summed E-state index contributed by atoms with van der Waals surface area (Å²) in [6.07, 6.45) is 2.01. The first-order chi connectivity index (χ1) is 14.7. The van der Waals surface area contributed by atoms with Crippen LogP contribution in [0.3, 0.4) is 0 Å². The van der Waals surface area contributed by atoms with Crippen molar-refractivity contribution in [3.05, 3.63) is 36.3 Å². The van der Waals surface area contributed by atoms with E-state index < -0.39 is 5.60 Å². The van der Waals surface area contributed by atoms with Gasteiger partial charge in [-0.15, -0.1) is 0 Å². The molecule has 2 aromatic rings. The van der Waals surface area contributed by atoms with Gasteiger partial charge in [0.2, 0.25) is 5.91 Å². The zero-order valence-corrected chi connectivity index (χ0v) is 18.3. The van der Waals surface area contributed by atoms with Crippen molar-refractivity contribution in [1.29, 1.82) is 0 Å². The number of pyridine rings is 1. The molecular weight excluding hydrogens is 399 g/mol. The Morgan fingerprint density at radius 3 is 2.52 bits per heavy atom. The molecule has 3 heterocycles. The molecule has 2 saturated heterocycles. The molecule has 0 spiro atoms. The molecule has 2 fully saturated rings. The number of benzene rings is 1. The smallest absolute Gasteiger partial charge is 0.410 e. The predicted octanol–water partition coefficient (Wildman–Crippen LogP) is 3.28. The Morgan fingerprint density at radius 1 is 1.06 bits per heavy atom. The van der Waals surface area contributed by atoms with Crippen LogP contribution in [0.2, 0.25) is 0 Å². The summed E-state index contributed by atoms with van der Waals surface area (Å²) in [5.74, 6) is -0.374. The quantitative estimate of drug-likeness (QED) is 0.735. The average molecular weight is 429 g/mol. The molecule has 2 aliphatic rings. The number of anilines is 1. The van der Waals surface area contributed by atoms with E-state index in [0.29, 0.717) is 51.2 Å². The van der Waals surface area contributed by atoms with E-state index in [1.54, 1.807) is 17.2 Å². The number of nitrogens with zero attached hydrogens (tertiary/aromatic N) is 4. The Hall–Kier alpha value is -2.90. The molecule has 1 aromatic carbocycles. The van der Waals surface area contributed by atoms with Gasteiger partial charge >= 0.3 is 6.09 Å². The fourth-order valence-corrected chi connectivity index (χ4v) is 4.26. The molecule has 1 unspecified atom stereocenters. The summed E-state index contributed by atoms with van der Waals surface area (Å²) in [4.78, 5) is 35.3. The van der Waals surface area contributed by atoms with Crippen molar-refractivity contribution in [3.63, 3.8) is 0 Å². The zero-order chi connectivity index (χ0) is 22.2. The Balaban J connectivity index is 1.35. The monoisotopic (exact) mass is 428 g/mol. The van der Waals surface area contributed by atoms with E-state index in [1.165, 1.54) is 12.1 Å². The summed E-state index contributed by atoms with van der Waals surface area (Å²) in [5, 5.41) is 0.910. The van der Waals surface area contributed by atoms with Gasteiger partial charge in [0.1, 0.15) is 11.4 Å². The lowest BCUT2D eigenvalue weighted by Gasteiger charge is -2.37. The summed E-state index contributed by atoms with van der Waals surface area (Å²) < 4.78 is 19.0. The van der Waals surface area contributed by atoms with Gasteiger partial charge in [0.25, 0.3) is 0 Å². The molecule has 31 heavy (non-hydrogen) atoms. The molecule has 166 valence electrons. The minimum Gasteiger partial charge on any atom is -0.444 e. The Morgan fingerprint density at radius 2 is 1.81 bits per heavy atom. The first-order valence-corrected chi connectivity index (χ1v) is 10.8.